The number of rotatable bonds is 8. The van der Waals surface area contributed by atoms with Crippen LogP contribution in [0.5, 0.6) is 0 Å². The van der Waals surface area contributed by atoms with Crippen LogP contribution in [-0.2, 0) is 17.8 Å². The van der Waals surface area contributed by atoms with Crippen molar-refractivity contribution in [1.29, 1.82) is 5.41 Å². The quantitative estimate of drug-likeness (QED) is 0.359. The molecule has 0 unspecified atom stereocenters. The van der Waals surface area contributed by atoms with Crippen molar-refractivity contribution in [2.75, 3.05) is 31.4 Å². The van der Waals surface area contributed by atoms with Gasteiger partial charge in [-0.3, -0.25) is 14.6 Å². The van der Waals surface area contributed by atoms with Gasteiger partial charge in [0.1, 0.15) is 17.3 Å². The van der Waals surface area contributed by atoms with Crippen LogP contribution in [0.15, 0.2) is 59.7 Å². The zero-order valence-electron chi connectivity index (χ0n) is 20.7. The smallest absolute Gasteiger partial charge is 0.329 e. The van der Waals surface area contributed by atoms with Gasteiger partial charge in [0.2, 0.25) is 5.91 Å². The van der Waals surface area contributed by atoms with Crippen molar-refractivity contribution in [3.8, 4) is 0 Å². The summed E-state index contributed by atoms with van der Waals surface area (Å²) in [4.78, 5) is 37.9. The van der Waals surface area contributed by atoms with Gasteiger partial charge in [-0.2, -0.15) is 0 Å². The SMILES string of the molecule is C=C1c2c(nc(CC(=O)Nc3cccc(/C(C=N)=C/NC)n3)n2Cc2cccc(Br)c2)N(C)C(=O)N1C. The topological polar surface area (TPSA) is 119 Å². The summed E-state index contributed by atoms with van der Waals surface area (Å²) in [5, 5.41) is 13.3. The van der Waals surface area contributed by atoms with Crippen molar-refractivity contribution in [2.24, 2.45) is 0 Å². The van der Waals surface area contributed by atoms with E-state index in [-0.39, 0.29) is 18.4 Å². The lowest BCUT2D eigenvalue weighted by molar-refractivity contribution is -0.115. The number of allylic oxidation sites excluding steroid dienone is 1. The Morgan fingerprint density at radius 2 is 1.92 bits per heavy atom. The van der Waals surface area contributed by atoms with Crippen LogP contribution in [0, 0.1) is 5.41 Å². The average Bonchev–Trinajstić information content (AvgIpc) is 3.22. The van der Waals surface area contributed by atoms with Crippen molar-refractivity contribution in [3.05, 3.63) is 82.5 Å². The van der Waals surface area contributed by atoms with E-state index in [0.717, 1.165) is 10.0 Å². The number of halogens is 1. The number of urea groups is 1. The molecule has 3 aromatic rings. The molecule has 3 heterocycles. The van der Waals surface area contributed by atoms with Crippen LogP contribution in [0.3, 0.4) is 0 Å². The zero-order chi connectivity index (χ0) is 26.7. The summed E-state index contributed by atoms with van der Waals surface area (Å²) in [6.07, 6.45) is 2.80. The predicted octanol–water partition coefficient (Wildman–Crippen LogP) is 3.95. The van der Waals surface area contributed by atoms with Crippen LogP contribution in [-0.4, -0.2) is 58.7 Å². The highest BCUT2D eigenvalue weighted by molar-refractivity contribution is 9.10. The van der Waals surface area contributed by atoms with Crippen molar-refractivity contribution in [2.45, 2.75) is 13.0 Å². The molecule has 0 aliphatic carbocycles. The fraction of sp³-hybridized carbons (Fsp3) is 0.192. The number of hydrogen-bond acceptors (Lipinski definition) is 6. The van der Waals surface area contributed by atoms with Crippen LogP contribution < -0.4 is 15.5 Å². The molecule has 10 nitrogen and oxygen atoms in total. The molecule has 0 fully saturated rings. The van der Waals surface area contributed by atoms with Gasteiger partial charge in [-0.1, -0.05) is 40.7 Å². The van der Waals surface area contributed by atoms with Gasteiger partial charge in [-0.25, -0.2) is 14.8 Å². The maximum absolute atomic E-state index is 13.1. The molecule has 3 N–H and O–H groups in total. The number of carbonyl (C=O) groups is 2. The number of fused-ring (bicyclic) bond motifs is 1. The van der Waals surface area contributed by atoms with E-state index < -0.39 is 0 Å². The summed E-state index contributed by atoms with van der Waals surface area (Å²) in [5.41, 5.74) is 3.31. The minimum atomic E-state index is -0.315. The van der Waals surface area contributed by atoms with E-state index in [0.29, 0.717) is 46.7 Å². The van der Waals surface area contributed by atoms with E-state index in [2.05, 4.69) is 38.1 Å². The molecule has 0 atom stereocenters. The summed E-state index contributed by atoms with van der Waals surface area (Å²) in [7, 11) is 5.05. The zero-order valence-corrected chi connectivity index (χ0v) is 22.3. The van der Waals surface area contributed by atoms with Gasteiger partial charge >= 0.3 is 6.03 Å². The number of carbonyl (C=O) groups excluding carboxylic acids is 2. The Labute approximate surface area is 223 Å². The monoisotopic (exact) mass is 562 g/mol. The molecule has 1 aliphatic heterocycles. The lowest BCUT2D eigenvalue weighted by Gasteiger charge is -2.32. The van der Waals surface area contributed by atoms with Crippen LogP contribution in [0.2, 0.25) is 0 Å². The minimum absolute atomic E-state index is 0.0459. The van der Waals surface area contributed by atoms with Crippen LogP contribution in [0.1, 0.15) is 22.8 Å². The number of aromatic nitrogens is 3. The number of pyridine rings is 1. The first-order chi connectivity index (χ1) is 17.7. The molecule has 4 rings (SSSR count). The highest BCUT2D eigenvalue weighted by atomic mass is 79.9. The molecule has 1 aromatic carbocycles. The van der Waals surface area contributed by atoms with E-state index in [1.165, 1.54) is 16.0 Å². The van der Waals surface area contributed by atoms with Crippen LogP contribution in [0.4, 0.5) is 16.4 Å². The van der Waals surface area contributed by atoms with Crippen molar-refractivity contribution in [1.82, 2.24) is 24.8 Å². The Morgan fingerprint density at radius 3 is 2.62 bits per heavy atom. The second kappa shape index (κ2) is 10.8. The van der Waals surface area contributed by atoms with Crippen LogP contribution >= 0.6 is 15.9 Å². The summed E-state index contributed by atoms with van der Waals surface area (Å²) in [6, 6.07) is 12.8. The van der Waals surface area contributed by atoms with Gasteiger partial charge in [-0.15, -0.1) is 0 Å². The number of nitrogens with zero attached hydrogens (tertiary/aromatic N) is 5. The first-order valence-corrected chi connectivity index (χ1v) is 12.2. The lowest BCUT2D eigenvalue weighted by atomic mass is 10.2. The molecule has 0 radical (unpaired) electrons. The molecule has 0 saturated heterocycles. The molecule has 190 valence electrons. The highest BCUT2D eigenvalue weighted by Gasteiger charge is 2.34. The third-order valence-electron chi connectivity index (χ3n) is 5.91. The fourth-order valence-corrected chi connectivity index (χ4v) is 4.50. The maximum atomic E-state index is 13.1. The molecule has 11 heteroatoms. The van der Waals surface area contributed by atoms with E-state index in [4.69, 9.17) is 10.4 Å². The number of anilines is 2. The number of amides is 3. The number of benzene rings is 1. The van der Waals surface area contributed by atoms with Gasteiger partial charge in [0.25, 0.3) is 0 Å². The van der Waals surface area contributed by atoms with Gasteiger partial charge in [0.15, 0.2) is 5.82 Å². The molecule has 1 aliphatic rings. The van der Waals surface area contributed by atoms with Crippen molar-refractivity contribution in [3.63, 3.8) is 0 Å². The lowest BCUT2D eigenvalue weighted by Crippen LogP contribution is -2.42. The Kier molecular flexibility index (Phi) is 7.53. The Bertz CT molecular complexity index is 1430. The Balaban J connectivity index is 1.67. The molecule has 3 amide bonds. The molecule has 0 spiro atoms. The molecule has 37 heavy (non-hydrogen) atoms. The minimum Gasteiger partial charge on any atom is -0.393 e. The Morgan fingerprint density at radius 1 is 1.16 bits per heavy atom. The van der Waals surface area contributed by atoms with Crippen molar-refractivity contribution < 1.29 is 9.59 Å². The highest BCUT2D eigenvalue weighted by Crippen LogP contribution is 2.34. The number of nitrogens with one attached hydrogen (secondary N) is 3. The molecule has 0 bridgehead atoms. The summed E-state index contributed by atoms with van der Waals surface area (Å²) in [5.74, 6) is 0.992. The summed E-state index contributed by atoms with van der Waals surface area (Å²) >= 11 is 3.51. The summed E-state index contributed by atoms with van der Waals surface area (Å²) < 4.78 is 2.86. The standard InChI is InChI=1S/C26H27BrN8O2/c1-16-24-25(34(4)26(37)33(16)3)32-22(35(24)15-17-7-5-8-19(27)11-17)12-23(36)31-21-10-6-9-20(30-21)18(13-28)14-29-2/h5-11,13-14,28-29H,1,12,15H2,2-4H3,(H,30,31,36)/b18-14+,28-13?. The first kappa shape index (κ1) is 25.8. The van der Waals surface area contributed by atoms with E-state index in [1.807, 2.05) is 28.8 Å². The van der Waals surface area contributed by atoms with E-state index >= 15 is 0 Å². The summed E-state index contributed by atoms with van der Waals surface area (Å²) in [6.45, 7) is 4.55. The van der Waals surface area contributed by atoms with Gasteiger partial charge in [-0.05, 0) is 29.8 Å². The average molecular weight is 563 g/mol. The Hall–Kier alpha value is -4.25. The maximum Gasteiger partial charge on any atom is 0.329 e. The van der Waals surface area contributed by atoms with Gasteiger partial charge in [0.05, 0.1) is 17.8 Å². The van der Waals surface area contributed by atoms with E-state index in [1.54, 1.807) is 45.5 Å². The van der Waals surface area contributed by atoms with Gasteiger partial charge < -0.3 is 20.6 Å². The molecular weight excluding hydrogens is 536 g/mol. The molecule has 2 aromatic heterocycles. The third kappa shape index (κ3) is 5.31. The molecule has 0 saturated carbocycles. The predicted molar refractivity (Wildman–Crippen MR) is 148 cm³/mol. The second-order valence-corrected chi connectivity index (χ2v) is 9.35. The fourth-order valence-electron chi connectivity index (χ4n) is 4.06. The van der Waals surface area contributed by atoms with E-state index in [9.17, 15) is 9.59 Å². The largest absolute Gasteiger partial charge is 0.393 e. The second-order valence-electron chi connectivity index (χ2n) is 8.43. The third-order valence-corrected chi connectivity index (χ3v) is 6.41. The van der Waals surface area contributed by atoms with Crippen LogP contribution in [0.25, 0.3) is 11.3 Å². The first-order valence-electron chi connectivity index (χ1n) is 11.4. The normalized spacial score (nSPS) is 13.5. The van der Waals surface area contributed by atoms with Gasteiger partial charge in [0, 0.05) is 50.1 Å². The van der Waals surface area contributed by atoms with Crippen molar-refractivity contribution >= 4 is 57.0 Å². The number of hydrogen-bond donors (Lipinski definition) is 3. The molecular formula is C26H27BrN8O2. The number of imidazole rings is 1.